The summed E-state index contributed by atoms with van der Waals surface area (Å²) >= 11 is 0. The van der Waals surface area contributed by atoms with Gasteiger partial charge in [-0.2, -0.15) is 0 Å². The first-order valence-electron chi connectivity index (χ1n) is 8.15. The second kappa shape index (κ2) is 7.21. The van der Waals surface area contributed by atoms with Gasteiger partial charge in [0.1, 0.15) is 0 Å². The van der Waals surface area contributed by atoms with Crippen molar-refractivity contribution in [3.8, 4) is 0 Å². The van der Waals surface area contributed by atoms with E-state index in [4.69, 9.17) is 9.47 Å². The van der Waals surface area contributed by atoms with Gasteiger partial charge in [0.05, 0.1) is 19.3 Å². The minimum Gasteiger partial charge on any atom is -0.379 e. The van der Waals surface area contributed by atoms with Gasteiger partial charge in [-0.15, -0.1) is 0 Å². The highest BCUT2D eigenvalue weighted by Gasteiger charge is 2.48. The van der Waals surface area contributed by atoms with E-state index in [9.17, 15) is 0 Å². The van der Waals surface area contributed by atoms with Crippen LogP contribution in [0.3, 0.4) is 0 Å². The Kier molecular flexibility index (Phi) is 5.84. The van der Waals surface area contributed by atoms with E-state index < -0.39 is 0 Å². The monoisotopic (exact) mass is 284 g/mol. The van der Waals surface area contributed by atoms with E-state index in [1.807, 2.05) is 0 Å². The Morgan fingerprint density at radius 3 is 2.60 bits per heavy atom. The first kappa shape index (κ1) is 16.2. The summed E-state index contributed by atoms with van der Waals surface area (Å²) in [7, 11) is 0. The molecule has 0 radical (unpaired) electrons. The van der Waals surface area contributed by atoms with Crippen molar-refractivity contribution in [2.75, 3.05) is 46.0 Å². The maximum absolute atomic E-state index is 6.01. The highest BCUT2D eigenvalue weighted by atomic mass is 16.5. The van der Waals surface area contributed by atoms with Crippen LogP contribution in [0.1, 0.15) is 34.1 Å². The largest absolute Gasteiger partial charge is 0.379 e. The van der Waals surface area contributed by atoms with Crippen molar-refractivity contribution in [2.45, 2.75) is 46.3 Å². The average molecular weight is 284 g/mol. The Balaban J connectivity index is 1.62. The smallest absolute Gasteiger partial charge is 0.0656 e. The van der Waals surface area contributed by atoms with Gasteiger partial charge in [-0.3, -0.25) is 4.90 Å². The Labute approximate surface area is 124 Å². The summed E-state index contributed by atoms with van der Waals surface area (Å²) in [6.45, 7) is 16.1. The topological polar surface area (TPSA) is 33.7 Å². The van der Waals surface area contributed by atoms with E-state index in [-0.39, 0.29) is 5.41 Å². The van der Waals surface area contributed by atoms with E-state index in [1.165, 1.54) is 0 Å². The van der Waals surface area contributed by atoms with E-state index in [0.717, 1.165) is 52.4 Å². The molecule has 1 saturated heterocycles. The predicted octanol–water partition coefficient (Wildman–Crippen LogP) is 1.75. The molecule has 2 rings (SSSR count). The molecule has 0 aromatic heterocycles. The van der Waals surface area contributed by atoms with Gasteiger partial charge in [0.15, 0.2) is 0 Å². The van der Waals surface area contributed by atoms with Crippen molar-refractivity contribution in [3.05, 3.63) is 0 Å². The summed E-state index contributed by atoms with van der Waals surface area (Å²) < 4.78 is 11.4. The van der Waals surface area contributed by atoms with Gasteiger partial charge in [0.2, 0.25) is 0 Å². The summed E-state index contributed by atoms with van der Waals surface area (Å²) in [5.74, 6) is 0.624. The Bertz CT molecular complexity index is 288. The van der Waals surface area contributed by atoms with Gasteiger partial charge in [-0.25, -0.2) is 0 Å². The lowest BCUT2D eigenvalue weighted by Crippen LogP contribution is -2.61. The number of ether oxygens (including phenoxy) is 2. The molecule has 2 atom stereocenters. The van der Waals surface area contributed by atoms with Gasteiger partial charge in [-0.1, -0.05) is 27.7 Å². The molecule has 1 aliphatic heterocycles. The molecule has 2 unspecified atom stereocenters. The van der Waals surface area contributed by atoms with Gasteiger partial charge < -0.3 is 14.8 Å². The lowest BCUT2D eigenvalue weighted by molar-refractivity contribution is -0.123. The molecule has 0 bridgehead atoms. The minimum atomic E-state index is 0.264. The average Bonchev–Trinajstić information content (AvgIpc) is 2.42. The molecule has 2 aliphatic rings. The highest BCUT2D eigenvalue weighted by molar-refractivity contribution is 5.02. The van der Waals surface area contributed by atoms with Crippen LogP contribution in [0.2, 0.25) is 0 Å². The minimum absolute atomic E-state index is 0.264. The quantitative estimate of drug-likeness (QED) is 0.772. The van der Waals surface area contributed by atoms with Crippen LogP contribution in [0.4, 0.5) is 0 Å². The molecule has 4 nitrogen and oxygen atoms in total. The Morgan fingerprint density at radius 1 is 1.30 bits per heavy atom. The van der Waals surface area contributed by atoms with Crippen LogP contribution in [0, 0.1) is 11.3 Å². The first-order chi connectivity index (χ1) is 9.50. The number of hydrogen-bond acceptors (Lipinski definition) is 4. The first-order valence-corrected chi connectivity index (χ1v) is 8.15. The Morgan fingerprint density at radius 2 is 2.00 bits per heavy atom. The van der Waals surface area contributed by atoms with Crippen molar-refractivity contribution >= 4 is 0 Å². The molecular formula is C16H32N2O2. The number of nitrogens with one attached hydrogen (secondary N) is 1. The molecule has 0 aromatic carbocycles. The maximum Gasteiger partial charge on any atom is 0.0656 e. The second-order valence-corrected chi connectivity index (χ2v) is 7.23. The summed E-state index contributed by atoms with van der Waals surface area (Å²) in [5.41, 5.74) is 0.264. The molecule has 2 fully saturated rings. The standard InChI is InChI=1S/C16H32N2O2/c1-13(2)12-20-15-11-14(16(15,3)4)17-5-6-18-7-9-19-10-8-18/h13-15,17H,5-12H2,1-4H3. The van der Waals surface area contributed by atoms with Crippen LogP contribution < -0.4 is 5.32 Å². The highest BCUT2D eigenvalue weighted by Crippen LogP contribution is 2.42. The number of morpholine rings is 1. The van der Waals surface area contributed by atoms with Crippen LogP contribution in [-0.4, -0.2) is 63.0 Å². The summed E-state index contributed by atoms with van der Waals surface area (Å²) in [5, 5.41) is 3.71. The Hall–Kier alpha value is -0.160. The lowest BCUT2D eigenvalue weighted by atomic mass is 9.64. The molecule has 0 aromatic rings. The third kappa shape index (κ3) is 4.17. The van der Waals surface area contributed by atoms with Crippen molar-refractivity contribution in [1.29, 1.82) is 0 Å². The molecule has 1 saturated carbocycles. The zero-order chi connectivity index (χ0) is 14.6. The van der Waals surface area contributed by atoms with Gasteiger partial charge >= 0.3 is 0 Å². The van der Waals surface area contributed by atoms with Crippen molar-refractivity contribution < 1.29 is 9.47 Å². The van der Waals surface area contributed by atoms with Gasteiger partial charge in [0, 0.05) is 44.2 Å². The normalized spacial score (nSPS) is 30.4. The van der Waals surface area contributed by atoms with Gasteiger partial charge in [0.25, 0.3) is 0 Å². The van der Waals surface area contributed by atoms with Crippen LogP contribution >= 0.6 is 0 Å². The maximum atomic E-state index is 6.01. The van der Waals surface area contributed by atoms with E-state index in [2.05, 4.69) is 37.9 Å². The third-order valence-corrected chi connectivity index (χ3v) is 4.73. The summed E-state index contributed by atoms with van der Waals surface area (Å²) in [4.78, 5) is 2.48. The van der Waals surface area contributed by atoms with E-state index >= 15 is 0 Å². The fourth-order valence-corrected chi connectivity index (χ4v) is 3.04. The summed E-state index contributed by atoms with van der Waals surface area (Å²) in [6, 6.07) is 0.598. The van der Waals surface area contributed by atoms with Crippen LogP contribution in [-0.2, 0) is 9.47 Å². The molecular weight excluding hydrogens is 252 g/mol. The molecule has 0 amide bonds. The molecule has 1 N–H and O–H groups in total. The zero-order valence-electron chi connectivity index (χ0n) is 13.7. The zero-order valence-corrected chi connectivity index (χ0v) is 13.7. The fourth-order valence-electron chi connectivity index (χ4n) is 3.04. The molecule has 1 heterocycles. The van der Waals surface area contributed by atoms with Crippen LogP contribution in [0.25, 0.3) is 0 Å². The molecule has 20 heavy (non-hydrogen) atoms. The number of rotatable bonds is 7. The molecule has 0 spiro atoms. The molecule has 118 valence electrons. The van der Waals surface area contributed by atoms with Crippen molar-refractivity contribution in [2.24, 2.45) is 11.3 Å². The van der Waals surface area contributed by atoms with Crippen molar-refractivity contribution in [1.82, 2.24) is 10.2 Å². The third-order valence-electron chi connectivity index (χ3n) is 4.73. The van der Waals surface area contributed by atoms with E-state index in [1.54, 1.807) is 0 Å². The van der Waals surface area contributed by atoms with Crippen LogP contribution in [0.5, 0.6) is 0 Å². The van der Waals surface area contributed by atoms with Crippen LogP contribution in [0.15, 0.2) is 0 Å². The predicted molar refractivity (Wildman–Crippen MR) is 82.0 cm³/mol. The molecule has 4 heteroatoms. The SMILES string of the molecule is CC(C)COC1CC(NCCN2CCOCC2)C1(C)C. The summed E-state index contributed by atoms with van der Waals surface area (Å²) in [6.07, 6.45) is 1.58. The number of hydrogen-bond donors (Lipinski definition) is 1. The molecule has 1 aliphatic carbocycles. The van der Waals surface area contributed by atoms with E-state index in [0.29, 0.717) is 18.1 Å². The van der Waals surface area contributed by atoms with Gasteiger partial charge in [-0.05, 0) is 12.3 Å². The van der Waals surface area contributed by atoms with Crippen molar-refractivity contribution in [3.63, 3.8) is 0 Å². The second-order valence-electron chi connectivity index (χ2n) is 7.23. The number of nitrogens with zero attached hydrogens (tertiary/aromatic N) is 1. The lowest BCUT2D eigenvalue weighted by Gasteiger charge is -2.52. The fraction of sp³-hybridized carbons (Fsp3) is 1.00.